The third-order valence-electron chi connectivity index (χ3n) is 1.63. The first-order valence-corrected chi connectivity index (χ1v) is 3.82. The van der Waals surface area contributed by atoms with Gasteiger partial charge in [0.2, 0.25) is 5.24 Å². The summed E-state index contributed by atoms with van der Waals surface area (Å²) >= 11 is 10.8. The van der Waals surface area contributed by atoms with E-state index in [0.29, 0.717) is 17.7 Å². The van der Waals surface area contributed by atoms with Crippen molar-refractivity contribution in [2.24, 2.45) is 5.92 Å². The standard InChI is InChI=1S/C6H8Cl2O/c7-5-1-4(2-5)3-6(8)9/h4-5H,1-3H2. The molecule has 9 heavy (non-hydrogen) atoms. The fourth-order valence-electron chi connectivity index (χ4n) is 1.05. The van der Waals surface area contributed by atoms with Gasteiger partial charge in [0.1, 0.15) is 0 Å². The van der Waals surface area contributed by atoms with Crippen molar-refractivity contribution in [2.75, 3.05) is 0 Å². The maximum absolute atomic E-state index is 10.3. The lowest BCUT2D eigenvalue weighted by molar-refractivity contribution is -0.113. The first kappa shape index (κ1) is 7.36. The van der Waals surface area contributed by atoms with Crippen LogP contribution in [-0.4, -0.2) is 10.6 Å². The minimum atomic E-state index is -0.233. The van der Waals surface area contributed by atoms with E-state index in [1.165, 1.54) is 0 Å². The lowest BCUT2D eigenvalue weighted by Gasteiger charge is -2.29. The van der Waals surface area contributed by atoms with Crippen molar-refractivity contribution in [3.63, 3.8) is 0 Å². The van der Waals surface area contributed by atoms with E-state index >= 15 is 0 Å². The Morgan fingerprint density at radius 1 is 1.56 bits per heavy atom. The normalized spacial score (nSPS) is 33.6. The summed E-state index contributed by atoms with van der Waals surface area (Å²) in [5.41, 5.74) is 0. The molecule has 52 valence electrons. The molecule has 0 spiro atoms. The van der Waals surface area contributed by atoms with Crippen molar-refractivity contribution in [2.45, 2.75) is 24.6 Å². The Kier molecular flexibility index (Phi) is 2.36. The van der Waals surface area contributed by atoms with Gasteiger partial charge in [0.25, 0.3) is 0 Å². The smallest absolute Gasteiger partial charge is 0.221 e. The van der Waals surface area contributed by atoms with Crippen LogP contribution in [0, 0.1) is 5.92 Å². The fourth-order valence-corrected chi connectivity index (χ4v) is 1.77. The van der Waals surface area contributed by atoms with E-state index in [1.807, 2.05) is 0 Å². The molecule has 0 amide bonds. The Morgan fingerprint density at radius 2 is 2.11 bits per heavy atom. The maximum atomic E-state index is 10.3. The molecule has 1 aliphatic carbocycles. The predicted octanol–water partition coefficient (Wildman–Crippen LogP) is 2.16. The average Bonchev–Trinajstić information content (AvgIpc) is 1.60. The molecule has 1 nitrogen and oxygen atoms in total. The lowest BCUT2D eigenvalue weighted by Crippen LogP contribution is -2.24. The highest BCUT2D eigenvalue weighted by atomic mass is 35.5. The Bertz CT molecular complexity index is 118. The highest BCUT2D eigenvalue weighted by Gasteiger charge is 2.28. The zero-order chi connectivity index (χ0) is 6.85. The highest BCUT2D eigenvalue weighted by molar-refractivity contribution is 6.63. The first-order valence-electron chi connectivity index (χ1n) is 3.01. The van der Waals surface area contributed by atoms with E-state index in [4.69, 9.17) is 23.2 Å². The van der Waals surface area contributed by atoms with Gasteiger partial charge in [-0.2, -0.15) is 0 Å². The van der Waals surface area contributed by atoms with Gasteiger partial charge in [0, 0.05) is 11.8 Å². The number of carbonyl (C=O) groups is 1. The van der Waals surface area contributed by atoms with Crippen LogP contribution in [0.5, 0.6) is 0 Å². The van der Waals surface area contributed by atoms with Crippen LogP contribution >= 0.6 is 23.2 Å². The second kappa shape index (κ2) is 2.89. The zero-order valence-electron chi connectivity index (χ0n) is 4.94. The summed E-state index contributed by atoms with van der Waals surface area (Å²) in [7, 11) is 0. The van der Waals surface area contributed by atoms with Crippen LogP contribution in [0.25, 0.3) is 0 Å². The number of alkyl halides is 1. The van der Waals surface area contributed by atoms with Crippen molar-refractivity contribution in [3.05, 3.63) is 0 Å². The van der Waals surface area contributed by atoms with Crippen LogP contribution in [0.15, 0.2) is 0 Å². The van der Waals surface area contributed by atoms with Gasteiger partial charge >= 0.3 is 0 Å². The Labute approximate surface area is 64.3 Å². The lowest BCUT2D eigenvalue weighted by atomic mass is 9.83. The Balaban J connectivity index is 2.11. The monoisotopic (exact) mass is 166 g/mol. The summed E-state index contributed by atoms with van der Waals surface area (Å²) in [6.45, 7) is 0. The topological polar surface area (TPSA) is 17.1 Å². The Hall–Kier alpha value is 0.250. The molecule has 0 heterocycles. The van der Waals surface area contributed by atoms with Crippen molar-refractivity contribution < 1.29 is 4.79 Å². The highest BCUT2D eigenvalue weighted by Crippen LogP contribution is 2.34. The molecule has 0 N–H and O–H groups in total. The van der Waals surface area contributed by atoms with Crippen molar-refractivity contribution in [1.29, 1.82) is 0 Å². The summed E-state index contributed by atoms with van der Waals surface area (Å²) in [6.07, 6.45) is 2.42. The molecule has 3 heteroatoms. The molecule has 0 aromatic heterocycles. The second-order valence-corrected chi connectivity index (χ2v) is 3.53. The average molecular weight is 167 g/mol. The first-order chi connectivity index (χ1) is 4.18. The van der Waals surface area contributed by atoms with Gasteiger partial charge in [0.15, 0.2) is 0 Å². The van der Waals surface area contributed by atoms with E-state index in [1.54, 1.807) is 0 Å². The van der Waals surface area contributed by atoms with Gasteiger partial charge in [-0.1, -0.05) is 0 Å². The van der Waals surface area contributed by atoms with Crippen LogP contribution in [-0.2, 0) is 4.79 Å². The van der Waals surface area contributed by atoms with Crippen LogP contribution in [0.2, 0.25) is 0 Å². The van der Waals surface area contributed by atoms with E-state index < -0.39 is 0 Å². The Morgan fingerprint density at radius 3 is 2.44 bits per heavy atom. The number of halogens is 2. The molecule has 0 aromatic rings. The molecule has 0 bridgehead atoms. The van der Waals surface area contributed by atoms with Gasteiger partial charge in [-0.15, -0.1) is 11.6 Å². The molecular formula is C6H8Cl2O. The molecule has 1 fully saturated rings. The molecule has 0 radical (unpaired) electrons. The SMILES string of the molecule is O=C(Cl)CC1CC(Cl)C1. The van der Waals surface area contributed by atoms with Crippen LogP contribution in [0.4, 0.5) is 0 Å². The summed E-state index contributed by atoms with van der Waals surface area (Å²) in [5, 5.41) is 0.0644. The number of rotatable bonds is 2. The van der Waals surface area contributed by atoms with Gasteiger partial charge in [-0.3, -0.25) is 4.79 Å². The number of carbonyl (C=O) groups excluding carboxylic acids is 1. The van der Waals surface area contributed by atoms with Gasteiger partial charge < -0.3 is 0 Å². The molecule has 0 aromatic carbocycles. The maximum Gasteiger partial charge on any atom is 0.221 e. The van der Waals surface area contributed by atoms with Crippen molar-refractivity contribution >= 4 is 28.4 Å². The van der Waals surface area contributed by atoms with Gasteiger partial charge in [0.05, 0.1) is 0 Å². The molecule has 0 saturated heterocycles. The summed E-state index contributed by atoms with van der Waals surface area (Å²) in [4.78, 5) is 10.3. The minimum Gasteiger partial charge on any atom is -0.281 e. The molecule has 1 aliphatic rings. The molecule has 0 atom stereocenters. The zero-order valence-corrected chi connectivity index (χ0v) is 6.45. The van der Waals surface area contributed by atoms with Crippen LogP contribution < -0.4 is 0 Å². The third kappa shape index (κ3) is 2.15. The predicted molar refractivity (Wildman–Crippen MR) is 37.8 cm³/mol. The summed E-state index contributed by atoms with van der Waals surface area (Å²) < 4.78 is 0. The number of hydrogen-bond acceptors (Lipinski definition) is 1. The van der Waals surface area contributed by atoms with Crippen molar-refractivity contribution in [3.8, 4) is 0 Å². The van der Waals surface area contributed by atoms with Crippen molar-refractivity contribution in [1.82, 2.24) is 0 Å². The number of hydrogen-bond donors (Lipinski definition) is 0. The third-order valence-corrected chi connectivity index (χ3v) is 2.14. The summed E-state index contributed by atoms with van der Waals surface area (Å²) in [5.74, 6) is 0.470. The van der Waals surface area contributed by atoms with Gasteiger partial charge in [-0.05, 0) is 30.4 Å². The van der Waals surface area contributed by atoms with Crippen LogP contribution in [0.1, 0.15) is 19.3 Å². The second-order valence-electron chi connectivity index (χ2n) is 2.49. The minimum absolute atomic E-state index is 0.233. The van der Waals surface area contributed by atoms with E-state index in [-0.39, 0.29) is 5.24 Å². The molecule has 1 saturated carbocycles. The van der Waals surface area contributed by atoms with Gasteiger partial charge in [-0.25, -0.2) is 0 Å². The quantitative estimate of drug-likeness (QED) is 0.454. The van der Waals surface area contributed by atoms with E-state index in [0.717, 1.165) is 12.8 Å². The summed E-state index contributed by atoms with van der Waals surface area (Å²) in [6, 6.07) is 0. The van der Waals surface area contributed by atoms with E-state index in [9.17, 15) is 4.79 Å². The van der Waals surface area contributed by atoms with E-state index in [2.05, 4.69) is 0 Å². The largest absolute Gasteiger partial charge is 0.281 e. The van der Waals surface area contributed by atoms with Crippen LogP contribution in [0.3, 0.4) is 0 Å². The fraction of sp³-hybridized carbons (Fsp3) is 0.833. The molecule has 1 rings (SSSR count). The molecular weight excluding hydrogens is 159 g/mol. The molecule has 0 unspecified atom stereocenters. The molecule has 0 aliphatic heterocycles.